The predicted octanol–water partition coefficient (Wildman–Crippen LogP) is 2.70. The molecule has 2 N–H and O–H groups in total. The van der Waals surface area contributed by atoms with Gasteiger partial charge in [0.2, 0.25) is 5.91 Å². The van der Waals surface area contributed by atoms with Crippen LogP contribution in [0.25, 0.3) is 0 Å². The fraction of sp³-hybridized carbons (Fsp3) is 0.458. The van der Waals surface area contributed by atoms with Crippen LogP contribution in [0.15, 0.2) is 48.5 Å². The number of likely N-dealkylation sites (tertiary alicyclic amines) is 1. The summed E-state index contributed by atoms with van der Waals surface area (Å²) < 4.78 is 0. The molecule has 1 unspecified atom stereocenters. The van der Waals surface area contributed by atoms with E-state index in [1.165, 1.54) is 5.56 Å². The Morgan fingerprint density at radius 2 is 1.83 bits per heavy atom. The highest BCUT2D eigenvalue weighted by molar-refractivity contribution is 5.93. The van der Waals surface area contributed by atoms with E-state index in [-0.39, 0.29) is 5.91 Å². The van der Waals surface area contributed by atoms with Crippen molar-refractivity contribution < 1.29 is 15.0 Å². The maximum Gasteiger partial charge on any atom is 0.223 e. The zero-order valence-corrected chi connectivity index (χ0v) is 17.1. The first kappa shape index (κ1) is 20.1. The largest absolute Gasteiger partial charge is 0.389 e. The standard InChI is InChI=1S/C24H30N2O3/c1-18(27)26-12-9-20-15-21(7-8-22(20)26)23(28)17-25-13-10-24(29,11-14-25)16-19-5-3-2-4-6-19/h2-8,15,23,28-29H,9-14,16-17H2,1H3. The molecule has 0 spiro atoms. The van der Waals surface area contributed by atoms with Gasteiger partial charge >= 0.3 is 0 Å². The Morgan fingerprint density at radius 1 is 1.10 bits per heavy atom. The van der Waals surface area contributed by atoms with Crippen LogP contribution in [0, 0.1) is 0 Å². The Balaban J connectivity index is 1.33. The molecule has 2 aromatic rings. The summed E-state index contributed by atoms with van der Waals surface area (Å²) in [6.45, 7) is 4.44. The molecule has 1 fully saturated rings. The van der Waals surface area contributed by atoms with Gasteiger partial charge in [0.05, 0.1) is 11.7 Å². The number of hydrogen-bond acceptors (Lipinski definition) is 4. The van der Waals surface area contributed by atoms with Crippen LogP contribution in [0.4, 0.5) is 5.69 Å². The molecule has 0 aliphatic carbocycles. The van der Waals surface area contributed by atoms with Gasteiger partial charge in [-0.25, -0.2) is 0 Å². The van der Waals surface area contributed by atoms with Gasteiger partial charge in [-0.15, -0.1) is 0 Å². The molecule has 1 amide bonds. The molecular formula is C24H30N2O3. The van der Waals surface area contributed by atoms with Gasteiger partial charge < -0.3 is 20.0 Å². The third-order valence-electron chi connectivity index (χ3n) is 6.36. The molecule has 0 bridgehead atoms. The van der Waals surface area contributed by atoms with Gasteiger partial charge in [-0.3, -0.25) is 4.79 Å². The van der Waals surface area contributed by atoms with Gasteiger partial charge in [0.1, 0.15) is 0 Å². The lowest BCUT2D eigenvalue weighted by Crippen LogP contribution is -2.46. The van der Waals surface area contributed by atoms with Gasteiger partial charge in [-0.05, 0) is 42.0 Å². The fourth-order valence-electron chi connectivity index (χ4n) is 4.61. The smallest absolute Gasteiger partial charge is 0.223 e. The molecule has 29 heavy (non-hydrogen) atoms. The first-order valence-corrected chi connectivity index (χ1v) is 10.5. The van der Waals surface area contributed by atoms with Crippen LogP contribution >= 0.6 is 0 Å². The number of aliphatic hydroxyl groups is 2. The minimum absolute atomic E-state index is 0.0633. The number of rotatable bonds is 5. The second-order valence-corrected chi connectivity index (χ2v) is 8.51. The van der Waals surface area contributed by atoms with E-state index < -0.39 is 11.7 Å². The van der Waals surface area contributed by atoms with Gasteiger partial charge in [-0.2, -0.15) is 0 Å². The van der Waals surface area contributed by atoms with E-state index >= 15 is 0 Å². The van der Waals surface area contributed by atoms with E-state index in [1.807, 2.05) is 36.4 Å². The van der Waals surface area contributed by atoms with Crippen molar-refractivity contribution in [3.8, 4) is 0 Å². The first-order chi connectivity index (χ1) is 13.9. The highest BCUT2D eigenvalue weighted by Gasteiger charge is 2.33. The number of anilines is 1. The Kier molecular flexibility index (Phi) is 5.72. The Labute approximate surface area is 172 Å². The number of hydrogen-bond donors (Lipinski definition) is 2. The van der Waals surface area contributed by atoms with Gasteiger partial charge in [0.15, 0.2) is 0 Å². The SMILES string of the molecule is CC(=O)N1CCc2cc(C(O)CN3CCC(O)(Cc4ccccc4)CC3)ccc21. The number of nitrogens with zero attached hydrogens (tertiary/aromatic N) is 2. The highest BCUT2D eigenvalue weighted by Crippen LogP contribution is 2.32. The molecule has 0 saturated carbocycles. The lowest BCUT2D eigenvalue weighted by atomic mass is 9.85. The summed E-state index contributed by atoms with van der Waals surface area (Å²) >= 11 is 0. The Morgan fingerprint density at radius 3 is 2.52 bits per heavy atom. The molecule has 2 aromatic carbocycles. The maximum absolute atomic E-state index is 11.7. The van der Waals surface area contributed by atoms with Crippen molar-refractivity contribution in [2.45, 2.75) is 44.3 Å². The van der Waals surface area contributed by atoms with E-state index in [9.17, 15) is 15.0 Å². The minimum atomic E-state index is -0.660. The van der Waals surface area contributed by atoms with Gasteiger partial charge in [-0.1, -0.05) is 42.5 Å². The first-order valence-electron chi connectivity index (χ1n) is 10.5. The zero-order valence-electron chi connectivity index (χ0n) is 17.1. The summed E-state index contributed by atoms with van der Waals surface area (Å²) in [6.07, 6.45) is 2.39. The number of piperidine rings is 1. The molecule has 2 aliphatic heterocycles. The average molecular weight is 395 g/mol. The van der Waals surface area contributed by atoms with Gasteiger partial charge in [0, 0.05) is 45.2 Å². The molecule has 2 heterocycles. The number of fused-ring (bicyclic) bond motifs is 1. The summed E-state index contributed by atoms with van der Waals surface area (Å²) in [5.41, 5.74) is 3.51. The monoisotopic (exact) mass is 394 g/mol. The normalized spacial score (nSPS) is 19.8. The number of carbonyl (C=O) groups is 1. The van der Waals surface area contributed by atoms with Crippen molar-refractivity contribution in [2.24, 2.45) is 0 Å². The number of β-amino-alcohol motifs (C(OH)–C–C–N with tert-alkyl or cyclic N) is 1. The summed E-state index contributed by atoms with van der Waals surface area (Å²) in [6, 6.07) is 16.1. The van der Waals surface area contributed by atoms with Crippen molar-refractivity contribution in [3.05, 3.63) is 65.2 Å². The summed E-state index contributed by atoms with van der Waals surface area (Å²) in [5, 5.41) is 21.7. The van der Waals surface area contributed by atoms with E-state index in [1.54, 1.807) is 11.8 Å². The molecular weight excluding hydrogens is 364 g/mol. The molecule has 1 atom stereocenters. The number of benzene rings is 2. The lowest BCUT2D eigenvalue weighted by molar-refractivity contribution is -0.116. The van der Waals surface area contributed by atoms with Crippen molar-refractivity contribution in [1.82, 2.24) is 4.90 Å². The van der Waals surface area contributed by atoms with Crippen LogP contribution in [0.3, 0.4) is 0 Å². The minimum Gasteiger partial charge on any atom is -0.389 e. The molecule has 0 aromatic heterocycles. The van der Waals surface area contributed by atoms with Crippen molar-refractivity contribution in [1.29, 1.82) is 0 Å². The van der Waals surface area contributed by atoms with Gasteiger partial charge in [0.25, 0.3) is 0 Å². The highest BCUT2D eigenvalue weighted by atomic mass is 16.3. The average Bonchev–Trinajstić information content (AvgIpc) is 3.14. The maximum atomic E-state index is 11.7. The van der Waals surface area contributed by atoms with Crippen LogP contribution < -0.4 is 4.90 Å². The number of amides is 1. The summed E-state index contributed by atoms with van der Waals surface area (Å²) in [7, 11) is 0. The van der Waals surface area contributed by atoms with E-state index in [2.05, 4.69) is 17.0 Å². The Hall–Kier alpha value is -2.21. The van der Waals surface area contributed by atoms with Crippen molar-refractivity contribution in [3.63, 3.8) is 0 Å². The summed E-state index contributed by atoms with van der Waals surface area (Å²) in [5.74, 6) is 0.0633. The zero-order chi connectivity index (χ0) is 20.4. The molecule has 4 rings (SSSR count). The van der Waals surface area contributed by atoms with E-state index in [4.69, 9.17) is 0 Å². The predicted molar refractivity (Wildman–Crippen MR) is 114 cm³/mol. The molecule has 5 heteroatoms. The molecule has 5 nitrogen and oxygen atoms in total. The molecule has 1 saturated heterocycles. The van der Waals surface area contributed by atoms with Crippen LogP contribution in [0.2, 0.25) is 0 Å². The molecule has 2 aliphatic rings. The second kappa shape index (κ2) is 8.27. The topological polar surface area (TPSA) is 64.0 Å². The number of carbonyl (C=O) groups excluding carboxylic acids is 1. The quantitative estimate of drug-likeness (QED) is 0.819. The Bertz CT molecular complexity index is 860. The second-order valence-electron chi connectivity index (χ2n) is 8.51. The van der Waals surface area contributed by atoms with Crippen LogP contribution in [0.5, 0.6) is 0 Å². The fourth-order valence-corrected chi connectivity index (χ4v) is 4.61. The third kappa shape index (κ3) is 4.53. The van der Waals surface area contributed by atoms with Crippen molar-refractivity contribution >= 4 is 11.6 Å². The van der Waals surface area contributed by atoms with Crippen molar-refractivity contribution in [2.75, 3.05) is 31.1 Å². The van der Waals surface area contributed by atoms with E-state index in [0.29, 0.717) is 25.8 Å². The van der Waals surface area contributed by atoms with E-state index in [0.717, 1.165) is 42.9 Å². The summed E-state index contributed by atoms with van der Waals surface area (Å²) in [4.78, 5) is 15.7. The van der Waals surface area contributed by atoms with Crippen LogP contribution in [-0.4, -0.2) is 52.8 Å². The molecule has 154 valence electrons. The van der Waals surface area contributed by atoms with Crippen LogP contribution in [-0.2, 0) is 17.6 Å². The lowest BCUT2D eigenvalue weighted by Gasteiger charge is -2.39. The van der Waals surface area contributed by atoms with Crippen LogP contribution in [0.1, 0.15) is 42.6 Å². The number of aliphatic hydroxyl groups excluding tert-OH is 1. The molecule has 0 radical (unpaired) electrons. The third-order valence-corrected chi connectivity index (χ3v) is 6.36.